The Labute approximate surface area is 165 Å². The first-order chi connectivity index (χ1) is 11.5. The van der Waals surface area contributed by atoms with Crippen LogP contribution in [0.3, 0.4) is 0 Å². The van der Waals surface area contributed by atoms with Gasteiger partial charge in [-0.05, 0) is 29.1 Å². The molecule has 2 aromatic rings. The number of benzene rings is 1. The Morgan fingerprint density at radius 1 is 1.16 bits per heavy atom. The summed E-state index contributed by atoms with van der Waals surface area (Å²) in [5.74, 6) is 0.804. The van der Waals surface area contributed by atoms with Crippen LogP contribution in [-0.2, 0) is 13.1 Å². The predicted molar refractivity (Wildman–Crippen MR) is 105 cm³/mol. The fraction of sp³-hybridized carbons (Fsp3) is 0.312. The first-order valence-corrected chi connectivity index (χ1v) is 8.09. The van der Waals surface area contributed by atoms with Gasteiger partial charge in [0.1, 0.15) is 5.75 Å². The van der Waals surface area contributed by atoms with E-state index in [1.165, 1.54) is 10.9 Å². The summed E-state index contributed by atoms with van der Waals surface area (Å²) in [5.41, 5.74) is 0.800. The summed E-state index contributed by atoms with van der Waals surface area (Å²) in [6.07, 6.45) is -4.35. The zero-order chi connectivity index (χ0) is 17.4. The summed E-state index contributed by atoms with van der Waals surface area (Å²) < 4.78 is 41.3. The normalized spacial score (nSPS) is 11.6. The monoisotopic (exact) mass is 485 g/mol. The number of guanidine groups is 1. The minimum Gasteiger partial charge on any atom is -0.484 e. The third-order valence-electron chi connectivity index (χ3n) is 2.99. The highest BCUT2D eigenvalue weighted by molar-refractivity contribution is 14.0. The number of thiophene rings is 1. The van der Waals surface area contributed by atoms with Gasteiger partial charge in [-0.1, -0.05) is 18.2 Å². The van der Waals surface area contributed by atoms with Crippen LogP contribution in [0.1, 0.15) is 10.4 Å². The van der Waals surface area contributed by atoms with Crippen LogP contribution < -0.4 is 15.4 Å². The second-order valence-corrected chi connectivity index (χ2v) is 5.94. The molecule has 0 unspecified atom stereocenters. The zero-order valence-corrected chi connectivity index (χ0v) is 16.6. The highest BCUT2D eigenvalue weighted by Gasteiger charge is 2.28. The number of hydrogen-bond donors (Lipinski definition) is 2. The summed E-state index contributed by atoms with van der Waals surface area (Å²) in [6.45, 7) is -0.215. The Hall–Kier alpha value is -1.49. The summed E-state index contributed by atoms with van der Waals surface area (Å²) in [6, 6.07) is 10.5. The molecule has 0 amide bonds. The molecule has 4 nitrogen and oxygen atoms in total. The van der Waals surface area contributed by atoms with Crippen molar-refractivity contribution in [1.82, 2.24) is 10.6 Å². The van der Waals surface area contributed by atoms with E-state index in [2.05, 4.69) is 15.6 Å². The standard InChI is InChI=1S/C16H18F3N3OS.HI/c1-20-15(22-10-14-6-3-7-24-14)21-9-12-4-2-5-13(8-12)23-11-16(17,18)19;/h2-8H,9-11H2,1H3,(H2,20,21,22);1H. The zero-order valence-electron chi connectivity index (χ0n) is 13.5. The van der Waals surface area contributed by atoms with Gasteiger partial charge in [0.25, 0.3) is 0 Å². The van der Waals surface area contributed by atoms with E-state index in [-0.39, 0.29) is 29.7 Å². The van der Waals surface area contributed by atoms with Crippen LogP contribution in [0.4, 0.5) is 13.2 Å². The maximum atomic E-state index is 12.2. The van der Waals surface area contributed by atoms with E-state index < -0.39 is 12.8 Å². The third-order valence-corrected chi connectivity index (χ3v) is 3.87. The number of ether oxygens (including phenoxy) is 1. The van der Waals surface area contributed by atoms with Crippen molar-refractivity contribution in [2.45, 2.75) is 19.3 Å². The Balaban J connectivity index is 0.00000312. The van der Waals surface area contributed by atoms with Crippen LogP contribution in [0.5, 0.6) is 5.75 Å². The number of nitrogens with one attached hydrogen (secondary N) is 2. The molecule has 0 fully saturated rings. The van der Waals surface area contributed by atoms with Crippen LogP contribution in [-0.4, -0.2) is 25.8 Å². The van der Waals surface area contributed by atoms with Gasteiger partial charge in [0.05, 0.1) is 6.54 Å². The fourth-order valence-electron chi connectivity index (χ4n) is 1.90. The number of rotatable bonds is 6. The van der Waals surface area contributed by atoms with Crippen molar-refractivity contribution in [3.63, 3.8) is 0 Å². The Morgan fingerprint density at radius 2 is 1.92 bits per heavy atom. The average molecular weight is 485 g/mol. The lowest BCUT2D eigenvalue weighted by Crippen LogP contribution is -2.36. The van der Waals surface area contributed by atoms with Crippen LogP contribution in [0.25, 0.3) is 0 Å². The minimum atomic E-state index is -4.35. The maximum Gasteiger partial charge on any atom is 0.422 e. The number of aliphatic imine (C=N–C) groups is 1. The number of alkyl halides is 3. The summed E-state index contributed by atoms with van der Waals surface area (Å²) >= 11 is 1.65. The molecule has 138 valence electrons. The minimum absolute atomic E-state index is 0. The van der Waals surface area contributed by atoms with Gasteiger partial charge in [0, 0.05) is 18.5 Å². The topological polar surface area (TPSA) is 45.7 Å². The number of halogens is 4. The molecule has 0 saturated carbocycles. The van der Waals surface area contributed by atoms with E-state index in [1.54, 1.807) is 36.6 Å². The highest BCUT2D eigenvalue weighted by atomic mass is 127. The summed E-state index contributed by atoms with van der Waals surface area (Å²) in [5, 5.41) is 8.28. The van der Waals surface area contributed by atoms with Crippen molar-refractivity contribution >= 4 is 41.3 Å². The van der Waals surface area contributed by atoms with Crippen LogP contribution in [0.15, 0.2) is 46.8 Å². The lowest BCUT2D eigenvalue weighted by atomic mass is 10.2. The molecule has 2 rings (SSSR count). The predicted octanol–water partition coefficient (Wildman–Crippen LogP) is 4.17. The van der Waals surface area contributed by atoms with E-state index in [1.807, 2.05) is 17.5 Å². The SMILES string of the molecule is CN=C(NCc1cccc(OCC(F)(F)F)c1)NCc1cccs1.I. The lowest BCUT2D eigenvalue weighted by Gasteiger charge is -2.13. The number of nitrogens with zero attached hydrogens (tertiary/aromatic N) is 1. The molecule has 0 spiro atoms. The summed E-state index contributed by atoms with van der Waals surface area (Å²) in [7, 11) is 1.66. The van der Waals surface area contributed by atoms with E-state index >= 15 is 0 Å². The molecule has 0 aliphatic heterocycles. The van der Waals surface area contributed by atoms with Gasteiger partial charge in [0.2, 0.25) is 0 Å². The van der Waals surface area contributed by atoms with Crippen molar-refractivity contribution in [2.24, 2.45) is 4.99 Å². The van der Waals surface area contributed by atoms with Crippen molar-refractivity contribution in [2.75, 3.05) is 13.7 Å². The van der Waals surface area contributed by atoms with Gasteiger partial charge in [0.15, 0.2) is 12.6 Å². The number of hydrogen-bond acceptors (Lipinski definition) is 3. The van der Waals surface area contributed by atoms with Crippen LogP contribution in [0.2, 0.25) is 0 Å². The molecule has 25 heavy (non-hydrogen) atoms. The van der Waals surface area contributed by atoms with E-state index in [9.17, 15) is 13.2 Å². The average Bonchev–Trinajstić information content (AvgIpc) is 3.06. The molecule has 0 atom stereocenters. The van der Waals surface area contributed by atoms with E-state index in [0.29, 0.717) is 19.0 Å². The Bertz CT molecular complexity index is 663. The first kappa shape index (κ1) is 21.6. The maximum absolute atomic E-state index is 12.2. The van der Waals surface area contributed by atoms with Crippen molar-refractivity contribution in [3.05, 3.63) is 52.2 Å². The van der Waals surface area contributed by atoms with Gasteiger partial charge < -0.3 is 15.4 Å². The molecule has 0 aliphatic rings. The molecule has 0 aliphatic carbocycles. The van der Waals surface area contributed by atoms with Crippen molar-refractivity contribution < 1.29 is 17.9 Å². The second kappa shape index (κ2) is 10.5. The largest absolute Gasteiger partial charge is 0.484 e. The molecule has 0 saturated heterocycles. The van der Waals surface area contributed by atoms with Crippen LogP contribution in [0, 0.1) is 0 Å². The molecule has 2 N–H and O–H groups in total. The first-order valence-electron chi connectivity index (χ1n) is 7.21. The molecule has 1 aromatic carbocycles. The van der Waals surface area contributed by atoms with Gasteiger partial charge in [-0.15, -0.1) is 35.3 Å². The Morgan fingerprint density at radius 3 is 2.56 bits per heavy atom. The van der Waals surface area contributed by atoms with Crippen molar-refractivity contribution in [1.29, 1.82) is 0 Å². The molecule has 1 heterocycles. The fourth-order valence-corrected chi connectivity index (χ4v) is 2.55. The van der Waals surface area contributed by atoms with E-state index in [4.69, 9.17) is 4.74 Å². The van der Waals surface area contributed by atoms with Crippen molar-refractivity contribution in [3.8, 4) is 5.75 Å². The highest BCUT2D eigenvalue weighted by Crippen LogP contribution is 2.19. The van der Waals surface area contributed by atoms with Gasteiger partial charge in [-0.3, -0.25) is 4.99 Å². The molecule has 9 heteroatoms. The quantitative estimate of drug-likeness (QED) is 0.367. The summed E-state index contributed by atoms with van der Waals surface area (Å²) in [4.78, 5) is 5.29. The molecule has 1 aromatic heterocycles. The van der Waals surface area contributed by atoms with Crippen LogP contribution >= 0.6 is 35.3 Å². The lowest BCUT2D eigenvalue weighted by molar-refractivity contribution is -0.153. The van der Waals surface area contributed by atoms with Gasteiger partial charge in [-0.25, -0.2) is 0 Å². The second-order valence-electron chi connectivity index (χ2n) is 4.91. The molecule has 0 bridgehead atoms. The third kappa shape index (κ3) is 8.43. The Kier molecular flexibility index (Phi) is 9.04. The molecular weight excluding hydrogens is 466 g/mol. The van der Waals surface area contributed by atoms with Gasteiger partial charge in [-0.2, -0.15) is 13.2 Å². The van der Waals surface area contributed by atoms with E-state index in [0.717, 1.165) is 5.56 Å². The smallest absolute Gasteiger partial charge is 0.422 e. The van der Waals surface area contributed by atoms with Gasteiger partial charge >= 0.3 is 6.18 Å². The molecule has 0 radical (unpaired) electrons. The molecular formula is C16H19F3IN3OS.